The number of terminal acetylenes is 1. The van der Waals surface area contributed by atoms with E-state index < -0.39 is 0 Å². The fraction of sp³-hybridized carbons (Fsp3) is 0.0500. The van der Waals surface area contributed by atoms with Crippen LogP contribution in [0.15, 0.2) is 71.3 Å². The van der Waals surface area contributed by atoms with E-state index in [1.807, 2.05) is 30.3 Å². The predicted octanol–water partition coefficient (Wildman–Crippen LogP) is 4.09. The van der Waals surface area contributed by atoms with Crippen LogP contribution in [0, 0.1) is 12.3 Å². The fourth-order valence-electron chi connectivity index (χ4n) is 2.20. The highest BCUT2D eigenvalue weighted by Crippen LogP contribution is 2.18. The van der Waals surface area contributed by atoms with Crippen LogP contribution in [-0.2, 0) is 6.61 Å². The van der Waals surface area contributed by atoms with Crippen LogP contribution < -0.4 is 10.1 Å². The Morgan fingerprint density at radius 1 is 1.12 bits per heavy atom. The van der Waals surface area contributed by atoms with E-state index in [2.05, 4.69) is 11.2 Å². The van der Waals surface area contributed by atoms with Crippen molar-refractivity contribution in [3.8, 4) is 18.1 Å². The normalized spacial score (nSPS) is 9.96. The van der Waals surface area contributed by atoms with E-state index in [0.29, 0.717) is 16.8 Å². The second kappa shape index (κ2) is 7.21. The molecule has 3 rings (SSSR count). The molecule has 1 aromatic heterocycles. The van der Waals surface area contributed by atoms with Crippen LogP contribution in [0.5, 0.6) is 5.75 Å². The summed E-state index contributed by atoms with van der Waals surface area (Å²) in [5, 5.41) is 2.77. The highest BCUT2D eigenvalue weighted by atomic mass is 16.5. The number of amides is 1. The lowest BCUT2D eigenvalue weighted by Gasteiger charge is -2.07. The molecule has 3 aromatic rings. The number of nitrogens with one attached hydrogen (secondary N) is 1. The molecular weight excluding hydrogens is 302 g/mol. The van der Waals surface area contributed by atoms with Gasteiger partial charge in [0.1, 0.15) is 12.4 Å². The number of hydrogen-bond acceptors (Lipinski definition) is 3. The number of para-hydroxylation sites is 1. The van der Waals surface area contributed by atoms with E-state index in [1.54, 1.807) is 30.3 Å². The van der Waals surface area contributed by atoms with Crippen molar-refractivity contribution in [3.05, 3.63) is 83.8 Å². The standard InChI is InChI=1S/C20H15NO3/c1-2-15-7-6-8-17(13-15)21-20(22)19-16(11-12-23-19)14-24-18-9-4-3-5-10-18/h1,3-13H,14H2,(H,21,22). The maximum absolute atomic E-state index is 12.4. The molecule has 0 aliphatic heterocycles. The molecule has 0 aliphatic rings. The lowest BCUT2D eigenvalue weighted by Crippen LogP contribution is -2.13. The molecule has 1 N–H and O–H groups in total. The Bertz CT molecular complexity index is 875. The lowest BCUT2D eigenvalue weighted by atomic mass is 10.2. The first-order valence-corrected chi connectivity index (χ1v) is 7.38. The average molecular weight is 317 g/mol. The summed E-state index contributed by atoms with van der Waals surface area (Å²) in [4.78, 5) is 12.4. The number of furan rings is 1. The van der Waals surface area contributed by atoms with Crippen molar-refractivity contribution in [2.24, 2.45) is 0 Å². The van der Waals surface area contributed by atoms with Crippen molar-refractivity contribution in [1.29, 1.82) is 0 Å². The molecule has 118 valence electrons. The Labute approximate surface area is 140 Å². The summed E-state index contributed by atoms with van der Waals surface area (Å²) in [5.41, 5.74) is 1.98. The lowest BCUT2D eigenvalue weighted by molar-refractivity contribution is 0.0993. The van der Waals surface area contributed by atoms with Crippen molar-refractivity contribution in [2.75, 3.05) is 5.32 Å². The van der Waals surface area contributed by atoms with Crippen LogP contribution >= 0.6 is 0 Å². The molecule has 2 aromatic carbocycles. The van der Waals surface area contributed by atoms with Crippen molar-refractivity contribution in [3.63, 3.8) is 0 Å². The molecule has 4 heteroatoms. The molecular formula is C20H15NO3. The van der Waals surface area contributed by atoms with Gasteiger partial charge < -0.3 is 14.5 Å². The maximum atomic E-state index is 12.4. The van der Waals surface area contributed by atoms with Gasteiger partial charge in [-0.05, 0) is 36.4 Å². The minimum atomic E-state index is -0.346. The summed E-state index contributed by atoms with van der Waals surface area (Å²) in [6, 6.07) is 18.2. The van der Waals surface area contributed by atoms with Gasteiger partial charge in [0.05, 0.1) is 6.26 Å². The van der Waals surface area contributed by atoms with E-state index in [9.17, 15) is 4.79 Å². The molecule has 0 unspecified atom stereocenters. The minimum Gasteiger partial charge on any atom is -0.489 e. The third-order valence-corrected chi connectivity index (χ3v) is 3.38. The average Bonchev–Trinajstić information content (AvgIpc) is 3.10. The second-order valence-electron chi connectivity index (χ2n) is 5.06. The van der Waals surface area contributed by atoms with Crippen LogP contribution in [0.1, 0.15) is 21.7 Å². The zero-order valence-electron chi connectivity index (χ0n) is 12.9. The number of hydrogen-bond donors (Lipinski definition) is 1. The van der Waals surface area contributed by atoms with E-state index in [4.69, 9.17) is 15.6 Å². The van der Waals surface area contributed by atoms with E-state index in [1.165, 1.54) is 6.26 Å². The van der Waals surface area contributed by atoms with Crippen molar-refractivity contribution >= 4 is 11.6 Å². The quantitative estimate of drug-likeness (QED) is 0.721. The summed E-state index contributed by atoms with van der Waals surface area (Å²) >= 11 is 0. The molecule has 0 bridgehead atoms. The van der Waals surface area contributed by atoms with Gasteiger partial charge in [-0.25, -0.2) is 0 Å². The van der Waals surface area contributed by atoms with E-state index >= 15 is 0 Å². The molecule has 24 heavy (non-hydrogen) atoms. The van der Waals surface area contributed by atoms with Crippen LogP contribution in [0.3, 0.4) is 0 Å². The van der Waals surface area contributed by atoms with Crippen molar-refractivity contribution < 1.29 is 13.9 Å². The Balaban J connectivity index is 1.70. The third kappa shape index (κ3) is 3.65. The first kappa shape index (κ1) is 15.4. The summed E-state index contributed by atoms with van der Waals surface area (Å²) in [6.07, 6.45) is 6.83. The van der Waals surface area contributed by atoms with E-state index in [0.717, 1.165) is 5.75 Å². The van der Waals surface area contributed by atoms with Gasteiger partial charge in [-0.1, -0.05) is 30.2 Å². The zero-order chi connectivity index (χ0) is 16.8. The van der Waals surface area contributed by atoms with Gasteiger partial charge in [0.25, 0.3) is 5.91 Å². The van der Waals surface area contributed by atoms with Crippen LogP contribution in [0.2, 0.25) is 0 Å². The monoisotopic (exact) mass is 317 g/mol. The van der Waals surface area contributed by atoms with Crippen LogP contribution in [0.4, 0.5) is 5.69 Å². The first-order chi connectivity index (χ1) is 11.8. The van der Waals surface area contributed by atoms with Gasteiger partial charge in [-0.15, -0.1) is 6.42 Å². The van der Waals surface area contributed by atoms with Crippen LogP contribution in [-0.4, -0.2) is 5.91 Å². The highest BCUT2D eigenvalue weighted by molar-refractivity contribution is 6.03. The molecule has 0 atom stereocenters. The Kier molecular flexibility index (Phi) is 4.64. The molecule has 0 saturated heterocycles. The Morgan fingerprint density at radius 3 is 2.75 bits per heavy atom. The number of carbonyl (C=O) groups is 1. The van der Waals surface area contributed by atoms with E-state index in [-0.39, 0.29) is 18.3 Å². The number of carbonyl (C=O) groups excluding carboxylic acids is 1. The van der Waals surface area contributed by atoms with Gasteiger partial charge in [0.15, 0.2) is 5.76 Å². The first-order valence-electron chi connectivity index (χ1n) is 7.38. The van der Waals surface area contributed by atoms with Gasteiger partial charge in [-0.2, -0.15) is 0 Å². The molecule has 0 fully saturated rings. The Morgan fingerprint density at radius 2 is 1.96 bits per heavy atom. The largest absolute Gasteiger partial charge is 0.489 e. The molecule has 4 nitrogen and oxygen atoms in total. The van der Waals surface area contributed by atoms with Gasteiger partial charge in [0, 0.05) is 16.8 Å². The molecule has 0 radical (unpaired) electrons. The summed E-state index contributed by atoms with van der Waals surface area (Å²) in [6.45, 7) is 0.244. The molecule has 1 heterocycles. The molecule has 0 spiro atoms. The fourth-order valence-corrected chi connectivity index (χ4v) is 2.20. The van der Waals surface area contributed by atoms with Gasteiger partial charge in [-0.3, -0.25) is 4.79 Å². The van der Waals surface area contributed by atoms with Gasteiger partial charge in [0.2, 0.25) is 0 Å². The molecule has 1 amide bonds. The van der Waals surface area contributed by atoms with Crippen molar-refractivity contribution in [2.45, 2.75) is 6.61 Å². The zero-order valence-corrected chi connectivity index (χ0v) is 12.9. The predicted molar refractivity (Wildman–Crippen MR) is 91.8 cm³/mol. The number of rotatable bonds is 5. The summed E-state index contributed by atoms with van der Waals surface area (Å²) < 4.78 is 11.0. The number of anilines is 1. The Hall–Kier alpha value is -3.45. The highest BCUT2D eigenvalue weighted by Gasteiger charge is 2.16. The topological polar surface area (TPSA) is 51.5 Å². The molecule has 0 aliphatic carbocycles. The third-order valence-electron chi connectivity index (χ3n) is 3.38. The molecule has 0 saturated carbocycles. The second-order valence-corrected chi connectivity index (χ2v) is 5.06. The smallest absolute Gasteiger partial charge is 0.291 e. The summed E-state index contributed by atoms with van der Waals surface area (Å²) in [5.74, 6) is 3.13. The number of benzene rings is 2. The van der Waals surface area contributed by atoms with Crippen LogP contribution in [0.25, 0.3) is 0 Å². The maximum Gasteiger partial charge on any atom is 0.291 e. The minimum absolute atomic E-state index is 0.219. The SMILES string of the molecule is C#Cc1cccc(NC(=O)c2occc2COc2ccccc2)c1. The number of ether oxygens (including phenoxy) is 1. The van der Waals surface area contributed by atoms with Crippen molar-refractivity contribution in [1.82, 2.24) is 0 Å². The summed E-state index contributed by atoms with van der Waals surface area (Å²) in [7, 11) is 0. The van der Waals surface area contributed by atoms with Gasteiger partial charge >= 0.3 is 0 Å².